The minimum absolute atomic E-state index is 0.150. The van der Waals surface area contributed by atoms with Crippen LogP contribution in [0, 0.1) is 6.92 Å². The van der Waals surface area contributed by atoms with Crippen molar-refractivity contribution in [3.8, 4) is 5.82 Å². The van der Waals surface area contributed by atoms with Gasteiger partial charge in [-0.25, -0.2) is 14.6 Å². The predicted molar refractivity (Wildman–Crippen MR) is 92.0 cm³/mol. The zero-order chi connectivity index (χ0) is 17.4. The number of aromatic nitrogens is 4. The SMILES string of the molecule is Cc1ccn(-c2ccnc(C(=O)N3Cc4ccccc4C(N)C3)n2)n1. The lowest BCUT2D eigenvalue weighted by molar-refractivity contribution is 0.0705. The fourth-order valence-corrected chi connectivity index (χ4v) is 3.06. The van der Waals surface area contributed by atoms with Crippen LogP contribution < -0.4 is 5.73 Å². The molecule has 0 aliphatic carbocycles. The Labute approximate surface area is 145 Å². The quantitative estimate of drug-likeness (QED) is 0.769. The topological polar surface area (TPSA) is 89.9 Å². The largest absolute Gasteiger partial charge is 0.330 e. The highest BCUT2D eigenvalue weighted by Crippen LogP contribution is 2.25. The second kappa shape index (κ2) is 6.10. The van der Waals surface area contributed by atoms with Crippen molar-refractivity contribution in [3.63, 3.8) is 0 Å². The molecule has 1 unspecified atom stereocenters. The second-order valence-corrected chi connectivity index (χ2v) is 6.13. The molecule has 126 valence electrons. The molecule has 1 amide bonds. The Morgan fingerprint density at radius 3 is 2.88 bits per heavy atom. The first-order chi connectivity index (χ1) is 12.1. The third kappa shape index (κ3) is 2.89. The Hall–Kier alpha value is -3.06. The van der Waals surface area contributed by atoms with Gasteiger partial charge in [0, 0.05) is 37.6 Å². The maximum absolute atomic E-state index is 12.9. The number of hydrogen-bond acceptors (Lipinski definition) is 5. The van der Waals surface area contributed by atoms with Gasteiger partial charge in [-0.1, -0.05) is 24.3 Å². The molecule has 0 saturated carbocycles. The third-order valence-corrected chi connectivity index (χ3v) is 4.31. The number of nitrogens with two attached hydrogens (primary N) is 1. The van der Waals surface area contributed by atoms with E-state index in [2.05, 4.69) is 15.1 Å². The Kier molecular flexibility index (Phi) is 3.77. The van der Waals surface area contributed by atoms with Crippen LogP contribution in [0.5, 0.6) is 0 Å². The lowest BCUT2D eigenvalue weighted by atomic mass is 9.96. The van der Waals surface area contributed by atoms with Crippen molar-refractivity contribution >= 4 is 5.91 Å². The highest BCUT2D eigenvalue weighted by Gasteiger charge is 2.27. The Bertz CT molecular complexity index is 935. The fourth-order valence-electron chi connectivity index (χ4n) is 3.06. The molecule has 2 aromatic heterocycles. The first kappa shape index (κ1) is 15.5. The van der Waals surface area contributed by atoms with Crippen LogP contribution in [0.2, 0.25) is 0 Å². The van der Waals surface area contributed by atoms with Crippen LogP contribution in [0.15, 0.2) is 48.8 Å². The third-order valence-electron chi connectivity index (χ3n) is 4.31. The summed E-state index contributed by atoms with van der Waals surface area (Å²) in [7, 11) is 0. The van der Waals surface area contributed by atoms with Gasteiger partial charge in [-0.3, -0.25) is 4.79 Å². The molecule has 0 saturated heterocycles. The summed E-state index contributed by atoms with van der Waals surface area (Å²) in [6.45, 7) is 2.86. The van der Waals surface area contributed by atoms with Crippen molar-refractivity contribution in [1.82, 2.24) is 24.6 Å². The van der Waals surface area contributed by atoms with Crippen molar-refractivity contribution in [3.05, 3.63) is 71.4 Å². The van der Waals surface area contributed by atoms with Crippen LogP contribution in [-0.4, -0.2) is 37.1 Å². The summed E-state index contributed by atoms with van der Waals surface area (Å²) >= 11 is 0. The summed E-state index contributed by atoms with van der Waals surface area (Å²) in [5.74, 6) is 0.487. The van der Waals surface area contributed by atoms with Gasteiger partial charge in [0.05, 0.1) is 5.69 Å². The number of nitrogens with zero attached hydrogens (tertiary/aromatic N) is 5. The summed E-state index contributed by atoms with van der Waals surface area (Å²) in [6, 6.07) is 11.3. The van der Waals surface area contributed by atoms with E-state index in [4.69, 9.17) is 5.73 Å². The summed E-state index contributed by atoms with van der Waals surface area (Å²) < 4.78 is 1.63. The number of carbonyl (C=O) groups is 1. The van der Waals surface area contributed by atoms with Crippen molar-refractivity contribution in [2.75, 3.05) is 6.54 Å². The molecule has 0 bridgehead atoms. The maximum atomic E-state index is 12.9. The van der Waals surface area contributed by atoms with Gasteiger partial charge >= 0.3 is 0 Å². The average molecular weight is 334 g/mol. The molecule has 1 aliphatic heterocycles. The molecule has 0 fully saturated rings. The lowest BCUT2D eigenvalue weighted by Crippen LogP contribution is -2.41. The average Bonchev–Trinajstić information content (AvgIpc) is 3.08. The molecule has 2 N–H and O–H groups in total. The van der Waals surface area contributed by atoms with Gasteiger partial charge in [-0.2, -0.15) is 5.10 Å². The number of fused-ring (bicyclic) bond motifs is 1. The number of aryl methyl sites for hydroxylation is 1. The molecule has 7 nitrogen and oxygen atoms in total. The van der Waals surface area contributed by atoms with Crippen molar-refractivity contribution in [1.29, 1.82) is 0 Å². The predicted octanol–water partition coefficient (Wildman–Crippen LogP) is 1.63. The molecule has 0 spiro atoms. The van der Waals surface area contributed by atoms with Crippen molar-refractivity contribution < 1.29 is 4.79 Å². The van der Waals surface area contributed by atoms with Gasteiger partial charge in [0.2, 0.25) is 5.82 Å². The molecule has 1 atom stereocenters. The Morgan fingerprint density at radius 1 is 1.24 bits per heavy atom. The first-order valence-electron chi connectivity index (χ1n) is 8.10. The van der Waals surface area contributed by atoms with Crippen molar-refractivity contribution in [2.45, 2.75) is 19.5 Å². The molecular formula is C18H18N6O. The normalized spacial score (nSPS) is 16.6. The molecule has 3 aromatic rings. The van der Waals surface area contributed by atoms with E-state index < -0.39 is 0 Å². The van der Waals surface area contributed by atoms with E-state index in [1.54, 1.807) is 28.0 Å². The summed E-state index contributed by atoms with van der Waals surface area (Å²) in [5, 5.41) is 4.32. The fraction of sp³-hybridized carbons (Fsp3) is 0.222. The van der Waals surface area contributed by atoms with Gasteiger partial charge in [0.25, 0.3) is 5.91 Å². The minimum Gasteiger partial charge on any atom is -0.330 e. The molecule has 0 radical (unpaired) electrons. The number of carbonyl (C=O) groups excluding carboxylic acids is 1. The monoisotopic (exact) mass is 334 g/mol. The number of rotatable bonds is 2. The van der Waals surface area contributed by atoms with Crippen LogP contribution in [-0.2, 0) is 6.54 Å². The van der Waals surface area contributed by atoms with Gasteiger partial charge < -0.3 is 10.6 Å². The van der Waals surface area contributed by atoms with Crippen LogP contribution in [0.1, 0.15) is 33.5 Å². The second-order valence-electron chi connectivity index (χ2n) is 6.13. The molecule has 7 heteroatoms. The highest BCUT2D eigenvalue weighted by molar-refractivity contribution is 5.90. The van der Waals surface area contributed by atoms with Crippen LogP contribution in [0.25, 0.3) is 5.82 Å². The van der Waals surface area contributed by atoms with E-state index in [1.807, 2.05) is 37.3 Å². The van der Waals surface area contributed by atoms with Gasteiger partial charge in [-0.05, 0) is 24.1 Å². The van der Waals surface area contributed by atoms with E-state index in [0.717, 1.165) is 16.8 Å². The van der Waals surface area contributed by atoms with E-state index in [9.17, 15) is 4.79 Å². The van der Waals surface area contributed by atoms with Crippen LogP contribution in [0.4, 0.5) is 0 Å². The lowest BCUT2D eigenvalue weighted by Gasteiger charge is -2.32. The molecule has 3 heterocycles. The summed E-state index contributed by atoms with van der Waals surface area (Å²) in [6.07, 6.45) is 3.38. The smallest absolute Gasteiger partial charge is 0.292 e. The zero-order valence-electron chi connectivity index (χ0n) is 13.8. The number of amides is 1. The summed E-state index contributed by atoms with van der Waals surface area (Å²) in [4.78, 5) is 23.1. The highest BCUT2D eigenvalue weighted by atomic mass is 16.2. The van der Waals surface area contributed by atoms with Crippen LogP contribution >= 0.6 is 0 Å². The first-order valence-corrected chi connectivity index (χ1v) is 8.10. The van der Waals surface area contributed by atoms with Crippen molar-refractivity contribution in [2.24, 2.45) is 5.73 Å². The number of benzene rings is 1. The molecule has 25 heavy (non-hydrogen) atoms. The van der Waals surface area contributed by atoms with Gasteiger partial charge in [-0.15, -0.1) is 0 Å². The van der Waals surface area contributed by atoms with E-state index in [-0.39, 0.29) is 17.8 Å². The molecule has 1 aromatic carbocycles. The maximum Gasteiger partial charge on any atom is 0.292 e. The Morgan fingerprint density at radius 2 is 2.08 bits per heavy atom. The van der Waals surface area contributed by atoms with E-state index in [1.165, 1.54) is 0 Å². The minimum atomic E-state index is -0.226. The molecule has 1 aliphatic rings. The Balaban J connectivity index is 1.62. The van der Waals surface area contributed by atoms with E-state index >= 15 is 0 Å². The van der Waals surface area contributed by atoms with Gasteiger partial charge in [0.15, 0.2) is 5.82 Å². The molecular weight excluding hydrogens is 316 g/mol. The molecule has 4 rings (SSSR count). The van der Waals surface area contributed by atoms with Gasteiger partial charge in [0.1, 0.15) is 0 Å². The number of hydrogen-bond donors (Lipinski definition) is 1. The zero-order valence-corrected chi connectivity index (χ0v) is 13.8. The van der Waals surface area contributed by atoms with Crippen LogP contribution in [0.3, 0.4) is 0 Å². The van der Waals surface area contributed by atoms with E-state index in [0.29, 0.717) is 18.9 Å². The standard InChI is InChI=1S/C18H18N6O/c1-12-7-9-24(22-12)16-6-8-20-17(21-16)18(25)23-10-13-4-2-3-5-14(13)15(19)11-23/h2-9,15H,10-11,19H2,1H3. The summed E-state index contributed by atoms with van der Waals surface area (Å²) in [5.41, 5.74) is 9.26.